The maximum Gasteiger partial charge on any atom is 0.317 e. The summed E-state index contributed by atoms with van der Waals surface area (Å²) >= 11 is 0. The van der Waals surface area contributed by atoms with Crippen LogP contribution in [-0.4, -0.2) is 43.7 Å². The number of azide groups is 1. The van der Waals surface area contributed by atoms with Gasteiger partial charge in [0.2, 0.25) is 0 Å². The summed E-state index contributed by atoms with van der Waals surface area (Å²) in [7, 11) is 1.63. The van der Waals surface area contributed by atoms with Crippen LogP contribution in [0.15, 0.2) is 29.4 Å². The average molecular weight is 289 g/mol. The Morgan fingerprint density at radius 1 is 1.52 bits per heavy atom. The van der Waals surface area contributed by atoms with Gasteiger partial charge >= 0.3 is 6.03 Å². The van der Waals surface area contributed by atoms with Gasteiger partial charge in [0.25, 0.3) is 0 Å². The Bertz CT molecular complexity index is 525. The van der Waals surface area contributed by atoms with E-state index < -0.39 is 0 Å². The normalized spacial score (nSPS) is 17.2. The van der Waals surface area contributed by atoms with E-state index >= 15 is 0 Å². The van der Waals surface area contributed by atoms with Gasteiger partial charge in [-0.3, -0.25) is 0 Å². The highest BCUT2D eigenvalue weighted by Gasteiger charge is 2.24. The average Bonchev–Trinajstić information content (AvgIpc) is 2.97. The molecule has 2 amide bonds. The first-order valence-corrected chi connectivity index (χ1v) is 6.93. The first-order chi connectivity index (χ1) is 10.2. The van der Waals surface area contributed by atoms with Crippen molar-refractivity contribution in [3.8, 4) is 5.75 Å². The van der Waals surface area contributed by atoms with Crippen molar-refractivity contribution in [2.75, 3.05) is 26.7 Å². The number of urea groups is 1. The van der Waals surface area contributed by atoms with Crippen LogP contribution in [0.5, 0.6) is 5.75 Å². The van der Waals surface area contributed by atoms with Crippen molar-refractivity contribution in [2.45, 2.75) is 18.9 Å². The molecule has 1 aromatic carbocycles. The standard InChI is InChI=1S/C14H19N5O2/c1-21-13-4-2-11(3-5-13)6-8-16-14(20)19-9-7-12(10-19)17-18-15/h2-5,12H,6-10H2,1H3,(H,16,20). The van der Waals surface area contributed by atoms with Crippen LogP contribution in [0, 0.1) is 0 Å². The van der Waals surface area contributed by atoms with Crippen LogP contribution < -0.4 is 10.1 Å². The highest BCUT2D eigenvalue weighted by Crippen LogP contribution is 2.13. The van der Waals surface area contributed by atoms with E-state index in [9.17, 15) is 4.79 Å². The predicted molar refractivity (Wildman–Crippen MR) is 79.2 cm³/mol. The lowest BCUT2D eigenvalue weighted by molar-refractivity contribution is 0.208. The second kappa shape index (κ2) is 7.40. The fourth-order valence-corrected chi connectivity index (χ4v) is 2.31. The zero-order valence-corrected chi connectivity index (χ0v) is 12.0. The number of methoxy groups -OCH3 is 1. The summed E-state index contributed by atoms with van der Waals surface area (Å²) in [6.07, 6.45) is 1.50. The van der Waals surface area contributed by atoms with Crippen molar-refractivity contribution >= 4 is 6.03 Å². The molecular formula is C14H19N5O2. The molecular weight excluding hydrogens is 270 g/mol. The van der Waals surface area contributed by atoms with E-state index in [4.69, 9.17) is 10.3 Å². The Labute approximate surface area is 123 Å². The van der Waals surface area contributed by atoms with Gasteiger partial charge in [-0.1, -0.05) is 17.2 Å². The van der Waals surface area contributed by atoms with Gasteiger partial charge in [-0.15, -0.1) is 0 Å². The molecule has 0 saturated carbocycles. The number of benzene rings is 1. The Morgan fingerprint density at radius 3 is 2.95 bits per heavy atom. The summed E-state index contributed by atoms with van der Waals surface area (Å²) in [6, 6.07) is 7.59. The van der Waals surface area contributed by atoms with Gasteiger partial charge in [0.15, 0.2) is 0 Å². The van der Waals surface area contributed by atoms with E-state index in [0.717, 1.165) is 24.2 Å². The first kappa shape index (κ1) is 15.0. The Morgan fingerprint density at radius 2 is 2.29 bits per heavy atom. The molecule has 0 aliphatic carbocycles. The van der Waals surface area contributed by atoms with E-state index in [1.54, 1.807) is 12.0 Å². The summed E-state index contributed by atoms with van der Waals surface area (Å²) in [6.45, 7) is 1.71. The molecule has 1 atom stereocenters. The lowest BCUT2D eigenvalue weighted by atomic mass is 10.1. The van der Waals surface area contributed by atoms with E-state index in [-0.39, 0.29) is 12.1 Å². The molecule has 1 N–H and O–H groups in total. The molecule has 1 aliphatic rings. The minimum absolute atomic E-state index is 0.0951. The summed E-state index contributed by atoms with van der Waals surface area (Å²) in [5, 5.41) is 6.53. The minimum atomic E-state index is -0.0980. The fourth-order valence-electron chi connectivity index (χ4n) is 2.31. The molecule has 7 heteroatoms. The second-order valence-electron chi connectivity index (χ2n) is 4.92. The number of nitrogens with zero attached hydrogens (tertiary/aromatic N) is 4. The van der Waals surface area contributed by atoms with E-state index in [2.05, 4.69) is 15.3 Å². The molecule has 0 spiro atoms. The molecule has 21 heavy (non-hydrogen) atoms. The van der Waals surface area contributed by atoms with Crippen LogP contribution in [0.3, 0.4) is 0 Å². The predicted octanol–water partition coefficient (Wildman–Crippen LogP) is 2.33. The van der Waals surface area contributed by atoms with Crippen molar-refractivity contribution in [3.05, 3.63) is 40.3 Å². The lowest BCUT2D eigenvalue weighted by Gasteiger charge is -2.16. The van der Waals surface area contributed by atoms with Crippen LogP contribution in [0.25, 0.3) is 10.4 Å². The van der Waals surface area contributed by atoms with Gasteiger partial charge in [-0.05, 0) is 36.1 Å². The Balaban J connectivity index is 1.73. The van der Waals surface area contributed by atoms with Gasteiger partial charge in [-0.25, -0.2) is 4.79 Å². The number of ether oxygens (including phenoxy) is 1. The third-order valence-electron chi connectivity index (χ3n) is 3.51. The highest BCUT2D eigenvalue weighted by molar-refractivity contribution is 5.74. The maximum atomic E-state index is 11.9. The van der Waals surface area contributed by atoms with E-state index in [1.165, 1.54) is 0 Å². The van der Waals surface area contributed by atoms with Crippen LogP contribution in [0.2, 0.25) is 0 Å². The molecule has 2 rings (SSSR count). The third-order valence-corrected chi connectivity index (χ3v) is 3.51. The van der Waals surface area contributed by atoms with Gasteiger partial charge in [0, 0.05) is 24.5 Å². The third kappa shape index (κ3) is 4.29. The van der Waals surface area contributed by atoms with Crippen molar-refractivity contribution in [1.82, 2.24) is 10.2 Å². The first-order valence-electron chi connectivity index (χ1n) is 6.93. The fraction of sp³-hybridized carbons (Fsp3) is 0.500. The van der Waals surface area contributed by atoms with Gasteiger partial charge < -0.3 is 15.0 Å². The minimum Gasteiger partial charge on any atom is -0.497 e. The molecule has 1 aliphatic heterocycles. The van der Waals surface area contributed by atoms with Crippen LogP contribution in [0.4, 0.5) is 4.79 Å². The monoisotopic (exact) mass is 289 g/mol. The summed E-state index contributed by atoms with van der Waals surface area (Å²) < 4.78 is 5.10. The number of amides is 2. The summed E-state index contributed by atoms with van der Waals surface area (Å²) in [5.41, 5.74) is 9.53. The molecule has 1 saturated heterocycles. The van der Waals surface area contributed by atoms with Crippen LogP contribution >= 0.6 is 0 Å². The number of carbonyl (C=O) groups is 1. The van der Waals surface area contributed by atoms with Crippen LogP contribution in [-0.2, 0) is 6.42 Å². The quantitative estimate of drug-likeness (QED) is 0.512. The van der Waals surface area contributed by atoms with Crippen LogP contribution in [0.1, 0.15) is 12.0 Å². The van der Waals surface area contributed by atoms with E-state index in [1.807, 2.05) is 24.3 Å². The number of hydrogen-bond acceptors (Lipinski definition) is 3. The molecule has 112 valence electrons. The summed E-state index contributed by atoms with van der Waals surface area (Å²) in [4.78, 5) is 16.4. The molecule has 0 bridgehead atoms. The number of hydrogen-bond donors (Lipinski definition) is 1. The topological polar surface area (TPSA) is 90.3 Å². The summed E-state index contributed by atoms with van der Waals surface area (Å²) in [5.74, 6) is 0.823. The zero-order chi connectivity index (χ0) is 15.1. The number of carbonyl (C=O) groups excluding carboxylic acids is 1. The second-order valence-corrected chi connectivity index (χ2v) is 4.92. The van der Waals surface area contributed by atoms with Gasteiger partial charge in [0.05, 0.1) is 13.2 Å². The largest absolute Gasteiger partial charge is 0.497 e. The number of likely N-dealkylation sites (tertiary alicyclic amines) is 1. The lowest BCUT2D eigenvalue weighted by Crippen LogP contribution is -2.39. The molecule has 1 heterocycles. The van der Waals surface area contributed by atoms with Crippen molar-refractivity contribution in [3.63, 3.8) is 0 Å². The van der Waals surface area contributed by atoms with Gasteiger partial charge in [-0.2, -0.15) is 0 Å². The Kier molecular flexibility index (Phi) is 5.29. The SMILES string of the molecule is COc1ccc(CCNC(=O)N2CCC(N=[N+]=[N-])C2)cc1. The molecule has 0 aromatic heterocycles. The smallest absolute Gasteiger partial charge is 0.317 e. The highest BCUT2D eigenvalue weighted by atomic mass is 16.5. The molecule has 1 aromatic rings. The maximum absolute atomic E-state index is 11.9. The molecule has 7 nitrogen and oxygen atoms in total. The zero-order valence-electron chi connectivity index (χ0n) is 12.0. The van der Waals surface area contributed by atoms with Gasteiger partial charge in [0.1, 0.15) is 5.75 Å². The van der Waals surface area contributed by atoms with Crippen molar-refractivity contribution in [1.29, 1.82) is 0 Å². The van der Waals surface area contributed by atoms with E-state index in [0.29, 0.717) is 19.6 Å². The van der Waals surface area contributed by atoms with Crippen molar-refractivity contribution < 1.29 is 9.53 Å². The van der Waals surface area contributed by atoms with Crippen molar-refractivity contribution in [2.24, 2.45) is 5.11 Å². The molecule has 1 fully saturated rings. The number of rotatable bonds is 5. The Hall–Kier alpha value is -2.40. The molecule has 1 unspecified atom stereocenters. The number of nitrogens with one attached hydrogen (secondary N) is 1. The molecule has 0 radical (unpaired) electrons.